The largest absolute Gasteiger partial charge is 0.350 e. The van der Waals surface area contributed by atoms with Crippen molar-refractivity contribution in [2.45, 2.75) is 20.8 Å². The molecule has 146 valence electrons. The van der Waals surface area contributed by atoms with E-state index in [-0.39, 0.29) is 17.5 Å². The predicted octanol–water partition coefficient (Wildman–Crippen LogP) is 5.72. The van der Waals surface area contributed by atoms with Crippen LogP contribution in [0.5, 0.6) is 0 Å². The third kappa shape index (κ3) is 3.59. The minimum absolute atomic E-state index is 0.280. The maximum atomic E-state index is 13.4. The molecule has 3 aromatic rings. The van der Waals surface area contributed by atoms with Crippen molar-refractivity contribution in [1.82, 2.24) is 0 Å². The molecule has 1 aliphatic heterocycles. The van der Waals surface area contributed by atoms with E-state index in [0.29, 0.717) is 16.3 Å². The van der Waals surface area contributed by atoms with Crippen molar-refractivity contribution in [3.8, 4) is 0 Å². The van der Waals surface area contributed by atoms with E-state index in [9.17, 15) is 9.59 Å². The Labute approximate surface area is 178 Å². The maximum Gasteiger partial charge on any atom is 0.282 e. The molecule has 0 radical (unpaired) electrons. The molecule has 0 fully saturated rings. The second-order valence-corrected chi connectivity index (χ2v) is 8.49. The van der Waals surface area contributed by atoms with E-state index in [1.807, 2.05) is 68.6 Å². The number of nitrogens with zero attached hydrogens (tertiary/aromatic N) is 1. The zero-order valence-corrected chi connectivity index (χ0v) is 17.8. The van der Waals surface area contributed by atoms with Gasteiger partial charge < -0.3 is 5.32 Å². The molecule has 6 heteroatoms. The van der Waals surface area contributed by atoms with Crippen LogP contribution in [0, 0.1) is 20.8 Å². The Balaban J connectivity index is 1.82. The molecule has 1 aliphatic rings. The highest BCUT2D eigenvalue weighted by Crippen LogP contribution is 2.36. The van der Waals surface area contributed by atoms with Gasteiger partial charge in [-0.15, -0.1) is 11.3 Å². The van der Waals surface area contributed by atoms with Crippen LogP contribution in [-0.2, 0) is 9.59 Å². The van der Waals surface area contributed by atoms with Gasteiger partial charge in [0, 0.05) is 15.6 Å². The first-order valence-corrected chi connectivity index (χ1v) is 10.4. The van der Waals surface area contributed by atoms with Crippen LogP contribution in [0.1, 0.15) is 21.6 Å². The Kier molecular flexibility index (Phi) is 5.03. The van der Waals surface area contributed by atoms with Crippen LogP contribution in [0.15, 0.2) is 59.6 Å². The number of carbonyl (C=O) groups is 2. The molecule has 2 aromatic carbocycles. The molecule has 0 atom stereocenters. The number of nitrogens with one attached hydrogen (secondary N) is 1. The van der Waals surface area contributed by atoms with E-state index < -0.39 is 0 Å². The number of hydrogen-bond acceptors (Lipinski definition) is 4. The number of hydrogen-bond donors (Lipinski definition) is 1. The highest BCUT2D eigenvalue weighted by Gasteiger charge is 2.40. The van der Waals surface area contributed by atoms with E-state index in [2.05, 4.69) is 5.32 Å². The second kappa shape index (κ2) is 7.50. The number of aryl methyl sites for hydroxylation is 3. The van der Waals surface area contributed by atoms with Gasteiger partial charge in [-0.2, -0.15) is 0 Å². The van der Waals surface area contributed by atoms with Gasteiger partial charge in [-0.3, -0.25) is 9.59 Å². The normalized spacial score (nSPS) is 14.1. The van der Waals surface area contributed by atoms with Gasteiger partial charge in [0.15, 0.2) is 0 Å². The lowest BCUT2D eigenvalue weighted by Crippen LogP contribution is -2.32. The fraction of sp³-hybridized carbons (Fsp3) is 0.130. The van der Waals surface area contributed by atoms with Gasteiger partial charge in [0.1, 0.15) is 5.70 Å². The van der Waals surface area contributed by atoms with Gasteiger partial charge in [0.05, 0.1) is 11.3 Å². The molecule has 4 rings (SSSR count). The van der Waals surface area contributed by atoms with Crippen molar-refractivity contribution in [3.63, 3.8) is 0 Å². The smallest absolute Gasteiger partial charge is 0.282 e. The Bertz CT molecular complexity index is 1150. The summed E-state index contributed by atoms with van der Waals surface area (Å²) in [5.41, 5.74) is 4.86. The molecule has 2 heterocycles. The molecular formula is C23H19ClN2O2S. The summed E-state index contributed by atoms with van der Waals surface area (Å²) in [6, 6.07) is 14.8. The Morgan fingerprint density at radius 2 is 1.66 bits per heavy atom. The minimum Gasteiger partial charge on any atom is -0.350 e. The van der Waals surface area contributed by atoms with Gasteiger partial charge in [-0.1, -0.05) is 23.7 Å². The zero-order chi connectivity index (χ0) is 20.7. The Morgan fingerprint density at radius 3 is 2.28 bits per heavy atom. The number of thiophene rings is 1. The van der Waals surface area contributed by atoms with Crippen LogP contribution in [0.3, 0.4) is 0 Å². The number of halogens is 1. The molecule has 0 unspecified atom stereocenters. The first kappa shape index (κ1) is 19.4. The van der Waals surface area contributed by atoms with Crippen LogP contribution in [-0.4, -0.2) is 11.8 Å². The third-order valence-corrected chi connectivity index (χ3v) is 5.89. The summed E-state index contributed by atoms with van der Waals surface area (Å²) in [6.45, 7) is 5.80. The minimum atomic E-state index is -0.363. The summed E-state index contributed by atoms with van der Waals surface area (Å²) in [6.07, 6.45) is 0. The number of carbonyl (C=O) groups excluding carboxylic acids is 2. The summed E-state index contributed by atoms with van der Waals surface area (Å²) in [4.78, 5) is 28.8. The average Bonchev–Trinajstić information content (AvgIpc) is 3.23. The quantitative estimate of drug-likeness (QED) is 0.547. The second-order valence-electron chi connectivity index (χ2n) is 7.10. The van der Waals surface area contributed by atoms with Crippen molar-refractivity contribution in [2.24, 2.45) is 0 Å². The van der Waals surface area contributed by atoms with Gasteiger partial charge in [0.25, 0.3) is 11.8 Å². The molecule has 29 heavy (non-hydrogen) atoms. The van der Waals surface area contributed by atoms with Crippen LogP contribution < -0.4 is 10.2 Å². The lowest BCUT2D eigenvalue weighted by atomic mass is 10.1. The van der Waals surface area contributed by atoms with E-state index >= 15 is 0 Å². The summed E-state index contributed by atoms with van der Waals surface area (Å²) in [5, 5.41) is 5.71. The predicted molar refractivity (Wildman–Crippen MR) is 119 cm³/mol. The Hall–Kier alpha value is -2.89. The van der Waals surface area contributed by atoms with Crippen LogP contribution >= 0.6 is 22.9 Å². The molecule has 4 nitrogen and oxygen atoms in total. The van der Waals surface area contributed by atoms with E-state index in [1.54, 1.807) is 6.07 Å². The summed E-state index contributed by atoms with van der Waals surface area (Å²) in [5.74, 6) is -0.686. The fourth-order valence-electron chi connectivity index (χ4n) is 3.51. The number of imide groups is 1. The van der Waals surface area contributed by atoms with E-state index in [0.717, 1.165) is 27.3 Å². The topological polar surface area (TPSA) is 49.4 Å². The first-order chi connectivity index (χ1) is 13.8. The SMILES string of the molecule is Cc1cc(C)cc(N2C(=O)C(Nc3ccc(Cl)cc3C)=C(c3cccs3)C2=O)c1. The molecule has 0 spiro atoms. The van der Waals surface area contributed by atoms with Crippen molar-refractivity contribution in [1.29, 1.82) is 0 Å². The summed E-state index contributed by atoms with van der Waals surface area (Å²) in [7, 11) is 0. The molecule has 0 bridgehead atoms. The summed E-state index contributed by atoms with van der Waals surface area (Å²) >= 11 is 7.49. The molecule has 0 aliphatic carbocycles. The van der Waals surface area contributed by atoms with Crippen LogP contribution in [0.2, 0.25) is 5.02 Å². The standard InChI is InChI=1S/C23H19ClN2O2S/c1-13-9-14(2)11-17(10-13)26-22(27)20(19-5-4-8-29-19)21(23(26)28)25-18-7-6-16(24)12-15(18)3/h4-12,25H,1-3H3. The highest BCUT2D eigenvalue weighted by molar-refractivity contribution is 7.11. The van der Waals surface area contributed by atoms with E-state index in [1.165, 1.54) is 16.2 Å². The zero-order valence-electron chi connectivity index (χ0n) is 16.2. The number of rotatable bonds is 4. The highest BCUT2D eigenvalue weighted by atomic mass is 35.5. The molecule has 0 saturated heterocycles. The Morgan fingerprint density at radius 1 is 0.931 bits per heavy atom. The molecule has 2 amide bonds. The van der Waals surface area contributed by atoms with Gasteiger partial charge in [-0.05, 0) is 79.2 Å². The van der Waals surface area contributed by atoms with Crippen LogP contribution in [0.25, 0.3) is 5.57 Å². The molecule has 1 N–H and O–H groups in total. The molecule has 1 aromatic heterocycles. The lowest BCUT2D eigenvalue weighted by molar-refractivity contribution is -0.120. The number of amides is 2. The first-order valence-electron chi connectivity index (χ1n) is 9.13. The lowest BCUT2D eigenvalue weighted by Gasteiger charge is -2.17. The number of anilines is 2. The van der Waals surface area contributed by atoms with Gasteiger partial charge in [0.2, 0.25) is 0 Å². The van der Waals surface area contributed by atoms with Gasteiger partial charge in [-0.25, -0.2) is 4.90 Å². The average molecular weight is 423 g/mol. The van der Waals surface area contributed by atoms with E-state index in [4.69, 9.17) is 11.6 Å². The van der Waals surface area contributed by atoms with Crippen LogP contribution in [0.4, 0.5) is 11.4 Å². The van der Waals surface area contributed by atoms with Crippen molar-refractivity contribution < 1.29 is 9.59 Å². The number of benzene rings is 2. The van der Waals surface area contributed by atoms with Gasteiger partial charge >= 0.3 is 0 Å². The molecular weight excluding hydrogens is 404 g/mol. The summed E-state index contributed by atoms with van der Waals surface area (Å²) < 4.78 is 0. The monoisotopic (exact) mass is 422 g/mol. The third-order valence-electron chi connectivity index (χ3n) is 4.76. The fourth-order valence-corrected chi connectivity index (χ4v) is 4.51. The van der Waals surface area contributed by atoms with Crippen molar-refractivity contribution in [2.75, 3.05) is 10.2 Å². The van der Waals surface area contributed by atoms with Crippen molar-refractivity contribution >= 4 is 51.7 Å². The maximum absolute atomic E-state index is 13.4. The van der Waals surface area contributed by atoms with Crippen molar-refractivity contribution in [3.05, 3.63) is 86.2 Å². The molecule has 0 saturated carbocycles.